The molecule has 1 N–H and O–H groups in total. The van der Waals surface area contributed by atoms with Crippen LogP contribution in [-0.4, -0.2) is 25.1 Å². The SMILES string of the molecule is CCC1(CC)CCN(c2cccc(NC)c2[N+](=O)[O-])C1. The third kappa shape index (κ3) is 2.44. The Morgan fingerprint density at radius 3 is 2.60 bits per heavy atom. The lowest BCUT2D eigenvalue weighted by atomic mass is 9.82. The van der Waals surface area contributed by atoms with Crippen molar-refractivity contribution in [2.75, 3.05) is 30.4 Å². The van der Waals surface area contributed by atoms with Crippen LogP contribution >= 0.6 is 0 Å². The van der Waals surface area contributed by atoms with Gasteiger partial charge in [-0.1, -0.05) is 19.9 Å². The lowest BCUT2D eigenvalue weighted by Gasteiger charge is -2.27. The number of nitrogens with zero attached hydrogens (tertiary/aromatic N) is 2. The van der Waals surface area contributed by atoms with Crippen molar-refractivity contribution in [1.29, 1.82) is 0 Å². The van der Waals surface area contributed by atoms with E-state index in [4.69, 9.17) is 0 Å². The Labute approximate surface area is 120 Å². The summed E-state index contributed by atoms with van der Waals surface area (Å²) in [5.41, 5.74) is 1.82. The molecule has 5 heteroatoms. The zero-order chi connectivity index (χ0) is 14.8. The molecule has 20 heavy (non-hydrogen) atoms. The van der Waals surface area contributed by atoms with Crippen LogP contribution in [0.25, 0.3) is 0 Å². The molecule has 0 atom stereocenters. The second-order valence-electron chi connectivity index (χ2n) is 5.56. The summed E-state index contributed by atoms with van der Waals surface area (Å²) in [6, 6.07) is 5.50. The molecule has 110 valence electrons. The van der Waals surface area contributed by atoms with E-state index in [0.29, 0.717) is 11.1 Å². The van der Waals surface area contributed by atoms with Gasteiger partial charge in [-0.05, 0) is 36.8 Å². The van der Waals surface area contributed by atoms with E-state index in [0.717, 1.165) is 38.0 Å². The summed E-state index contributed by atoms with van der Waals surface area (Å²) in [7, 11) is 1.72. The fraction of sp³-hybridized carbons (Fsp3) is 0.600. The minimum absolute atomic E-state index is 0.193. The maximum absolute atomic E-state index is 11.4. The standard InChI is InChI=1S/C15H23N3O2/c1-4-15(5-2)9-10-17(11-15)13-8-6-7-12(16-3)14(13)18(19)20/h6-8,16H,4-5,9-11H2,1-3H3. The molecule has 0 radical (unpaired) electrons. The van der Waals surface area contributed by atoms with Gasteiger partial charge < -0.3 is 10.2 Å². The molecule has 1 saturated heterocycles. The van der Waals surface area contributed by atoms with Gasteiger partial charge in [0.25, 0.3) is 0 Å². The zero-order valence-electron chi connectivity index (χ0n) is 12.5. The van der Waals surface area contributed by atoms with E-state index >= 15 is 0 Å². The minimum atomic E-state index is -0.279. The van der Waals surface area contributed by atoms with E-state index in [-0.39, 0.29) is 10.6 Å². The van der Waals surface area contributed by atoms with E-state index in [9.17, 15) is 10.1 Å². The molecule has 2 rings (SSSR count). The molecule has 5 nitrogen and oxygen atoms in total. The number of nitrogens with one attached hydrogen (secondary N) is 1. The van der Waals surface area contributed by atoms with Crippen molar-refractivity contribution < 1.29 is 4.92 Å². The minimum Gasteiger partial charge on any atom is -0.382 e. The lowest BCUT2D eigenvalue weighted by Crippen LogP contribution is -2.26. The van der Waals surface area contributed by atoms with Crippen LogP contribution in [0.1, 0.15) is 33.1 Å². The number of rotatable bonds is 5. The highest BCUT2D eigenvalue weighted by Gasteiger charge is 2.37. The summed E-state index contributed by atoms with van der Waals surface area (Å²) in [5.74, 6) is 0. The predicted molar refractivity (Wildman–Crippen MR) is 82.5 cm³/mol. The van der Waals surface area contributed by atoms with Crippen molar-refractivity contribution in [3.05, 3.63) is 28.3 Å². The lowest BCUT2D eigenvalue weighted by molar-refractivity contribution is -0.383. The molecular formula is C15H23N3O2. The second kappa shape index (κ2) is 5.69. The highest BCUT2D eigenvalue weighted by atomic mass is 16.6. The number of hydrogen-bond donors (Lipinski definition) is 1. The summed E-state index contributed by atoms with van der Waals surface area (Å²) in [5, 5.41) is 14.3. The fourth-order valence-corrected chi connectivity index (χ4v) is 3.15. The van der Waals surface area contributed by atoms with Crippen molar-refractivity contribution in [2.45, 2.75) is 33.1 Å². The van der Waals surface area contributed by atoms with Gasteiger partial charge in [0.05, 0.1) is 4.92 Å². The Balaban J connectivity index is 2.37. The maximum Gasteiger partial charge on any atom is 0.315 e. The summed E-state index contributed by atoms with van der Waals surface area (Å²) >= 11 is 0. The van der Waals surface area contributed by atoms with Gasteiger partial charge in [-0.15, -0.1) is 0 Å². The van der Waals surface area contributed by atoms with Crippen molar-refractivity contribution >= 4 is 17.1 Å². The van der Waals surface area contributed by atoms with Crippen LogP contribution in [-0.2, 0) is 0 Å². The van der Waals surface area contributed by atoms with Gasteiger partial charge in [-0.25, -0.2) is 0 Å². The van der Waals surface area contributed by atoms with Crippen LogP contribution in [0.5, 0.6) is 0 Å². The van der Waals surface area contributed by atoms with Crippen molar-refractivity contribution in [3.8, 4) is 0 Å². The molecule has 1 aliphatic rings. The van der Waals surface area contributed by atoms with Crippen LogP contribution < -0.4 is 10.2 Å². The molecule has 1 heterocycles. The van der Waals surface area contributed by atoms with Crippen LogP contribution in [0.3, 0.4) is 0 Å². The molecule has 0 amide bonds. The van der Waals surface area contributed by atoms with E-state index in [1.165, 1.54) is 0 Å². The summed E-state index contributed by atoms with van der Waals surface area (Å²) in [6.45, 7) is 6.24. The molecular weight excluding hydrogens is 254 g/mol. The normalized spacial score (nSPS) is 17.2. The smallest absolute Gasteiger partial charge is 0.315 e. The Morgan fingerprint density at radius 1 is 1.40 bits per heavy atom. The first-order valence-corrected chi connectivity index (χ1v) is 7.27. The van der Waals surface area contributed by atoms with E-state index < -0.39 is 0 Å². The van der Waals surface area contributed by atoms with Crippen LogP contribution in [0, 0.1) is 15.5 Å². The molecule has 1 fully saturated rings. The average Bonchev–Trinajstić information content (AvgIpc) is 2.91. The van der Waals surface area contributed by atoms with E-state index in [1.54, 1.807) is 13.1 Å². The monoisotopic (exact) mass is 277 g/mol. The largest absolute Gasteiger partial charge is 0.382 e. The van der Waals surface area contributed by atoms with Crippen LogP contribution in [0.15, 0.2) is 18.2 Å². The van der Waals surface area contributed by atoms with Gasteiger partial charge >= 0.3 is 5.69 Å². The molecule has 1 aliphatic heterocycles. The van der Waals surface area contributed by atoms with Gasteiger partial charge in [0.15, 0.2) is 0 Å². The first-order valence-electron chi connectivity index (χ1n) is 7.27. The van der Waals surface area contributed by atoms with Gasteiger partial charge in [0, 0.05) is 20.1 Å². The number of nitro benzene ring substituents is 1. The summed E-state index contributed by atoms with van der Waals surface area (Å²) < 4.78 is 0. The molecule has 1 aromatic carbocycles. The second-order valence-corrected chi connectivity index (χ2v) is 5.56. The summed E-state index contributed by atoms with van der Waals surface area (Å²) in [4.78, 5) is 13.3. The molecule has 1 aromatic rings. The molecule has 0 spiro atoms. The van der Waals surface area contributed by atoms with Gasteiger partial charge in [0.1, 0.15) is 11.4 Å². The van der Waals surface area contributed by atoms with Gasteiger partial charge in [-0.3, -0.25) is 10.1 Å². The maximum atomic E-state index is 11.4. The van der Waals surface area contributed by atoms with Gasteiger partial charge in [-0.2, -0.15) is 0 Å². The van der Waals surface area contributed by atoms with Crippen LogP contribution in [0.4, 0.5) is 17.1 Å². The molecule has 0 aliphatic carbocycles. The Kier molecular flexibility index (Phi) is 4.16. The van der Waals surface area contributed by atoms with Crippen molar-refractivity contribution in [3.63, 3.8) is 0 Å². The Hall–Kier alpha value is -1.78. The third-order valence-corrected chi connectivity index (χ3v) is 4.75. The first-order chi connectivity index (χ1) is 9.56. The first kappa shape index (κ1) is 14.6. The number of hydrogen-bond acceptors (Lipinski definition) is 4. The molecule has 0 aromatic heterocycles. The van der Waals surface area contributed by atoms with Gasteiger partial charge in [0.2, 0.25) is 0 Å². The van der Waals surface area contributed by atoms with E-state index in [1.807, 2.05) is 12.1 Å². The predicted octanol–water partition coefficient (Wildman–Crippen LogP) is 3.65. The van der Waals surface area contributed by atoms with Crippen molar-refractivity contribution in [2.24, 2.45) is 5.41 Å². The topological polar surface area (TPSA) is 58.4 Å². The third-order valence-electron chi connectivity index (χ3n) is 4.75. The zero-order valence-corrected chi connectivity index (χ0v) is 12.5. The highest BCUT2D eigenvalue weighted by molar-refractivity contribution is 5.77. The highest BCUT2D eigenvalue weighted by Crippen LogP contribution is 2.43. The summed E-state index contributed by atoms with van der Waals surface area (Å²) in [6.07, 6.45) is 3.36. The quantitative estimate of drug-likeness (QED) is 0.659. The molecule has 0 bridgehead atoms. The number of anilines is 2. The van der Waals surface area contributed by atoms with Crippen LogP contribution in [0.2, 0.25) is 0 Å². The Morgan fingerprint density at radius 2 is 2.10 bits per heavy atom. The number of benzene rings is 1. The number of para-hydroxylation sites is 1. The van der Waals surface area contributed by atoms with Crippen molar-refractivity contribution in [1.82, 2.24) is 0 Å². The molecule has 0 unspecified atom stereocenters. The number of nitro groups is 1. The van der Waals surface area contributed by atoms with E-state index in [2.05, 4.69) is 24.1 Å². The molecule has 0 saturated carbocycles. The fourth-order valence-electron chi connectivity index (χ4n) is 3.15. The average molecular weight is 277 g/mol. The Bertz CT molecular complexity index is 498.